The van der Waals surface area contributed by atoms with Crippen molar-refractivity contribution in [1.29, 1.82) is 0 Å². The van der Waals surface area contributed by atoms with Crippen molar-refractivity contribution in [2.24, 2.45) is 5.92 Å². The highest BCUT2D eigenvalue weighted by atomic mass is 35.5. The van der Waals surface area contributed by atoms with Crippen molar-refractivity contribution in [1.82, 2.24) is 4.98 Å². The van der Waals surface area contributed by atoms with Crippen LogP contribution in [0.15, 0.2) is 12.1 Å². The monoisotopic (exact) mass is 281 g/mol. The van der Waals surface area contributed by atoms with Crippen LogP contribution in [0.25, 0.3) is 0 Å². The molecule has 6 heteroatoms. The molecule has 18 heavy (non-hydrogen) atoms. The van der Waals surface area contributed by atoms with E-state index < -0.39 is 11.7 Å². The highest BCUT2D eigenvalue weighted by Gasteiger charge is 2.31. The zero-order chi connectivity index (χ0) is 13.8. The Labute approximate surface area is 109 Å². The van der Waals surface area contributed by atoms with E-state index in [1.54, 1.807) is 0 Å². The van der Waals surface area contributed by atoms with Gasteiger partial charge in [0.2, 0.25) is 5.88 Å². The van der Waals surface area contributed by atoms with Gasteiger partial charge in [0.25, 0.3) is 0 Å². The maximum absolute atomic E-state index is 12.5. The predicted octanol–water partition coefficient (Wildman–Crippen LogP) is 4.57. The third kappa shape index (κ3) is 4.72. The van der Waals surface area contributed by atoms with E-state index in [1.807, 2.05) is 13.8 Å². The smallest absolute Gasteiger partial charge is 0.416 e. The average molecular weight is 282 g/mol. The molecule has 0 aromatic carbocycles. The summed E-state index contributed by atoms with van der Waals surface area (Å²) in [4.78, 5) is 3.72. The van der Waals surface area contributed by atoms with E-state index >= 15 is 0 Å². The molecule has 0 amide bonds. The van der Waals surface area contributed by atoms with Gasteiger partial charge in [0, 0.05) is 6.07 Å². The molecule has 0 aliphatic heterocycles. The van der Waals surface area contributed by atoms with E-state index in [-0.39, 0.29) is 17.0 Å². The molecular formula is C12H15ClF3NO. The third-order valence-electron chi connectivity index (χ3n) is 2.40. The zero-order valence-electron chi connectivity index (χ0n) is 10.2. The molecule has 102 valence electrons. The van der Waals surface area contributed by atoms with Gasteiger partial charge in [0.05, 0.1) is 12.2 Å². The van der Waals surface area contributed by atoms with Crippen LogP contribution in [0.1, 0.15) is 32.3 Å². The van der Waals surface area contributed by atoms with Gasteiger partial charge in [-0.15, -0.1) is 0 Å². The second kappa shape index (κ2) is 6.27. The fourth-order valence-corrected chi connectivity index (χ4v) is 1.72. The standard InChI is InChI=1S/C12H15ClF3NO/c1-3-4-8(2)7-18-11-6-9(12(14,15)16)5-10(13)17-11/h5-6,8H,3-4,7H2,1-2H3. The summed E-state index contributed by atoms with van der Waals surface area (Å²) in [6.07, 6.45) is -2.49. The number of nitrogens with zero attached hydrogens (tertiary/aromatic N) is 1. The molecule has 0 saturated heterocycles. The Kier molecular flexibility index (Phi) is 5.26. The minimum absolute atomic E-state index is 0.0854. The average Bonchev–Trinajstić information content (AvgIpc) is 2.25. The van der Waals surface area contributed by atoms with Crippen LogP contribution in [0.3, 0.4) is 0 Å². The first-order valence-electron chi connectivity index (χ1n) is 5.70. The second-order valence-corrected chi connectivity index (χ2v) is 4.61. The summed E-state index contributed by atoms with van der Waals surface area (Å²) in [5, 5.41) is -0.219. The topological polar surface area (TPSA) is 22.1 Å². The number of hydrogen-bond donors (Lipinski definition) is 0. The van der Waals surface area contributed by atoms with Crippen molar-refractivity contribution in [3.05, 3.63) is 22.8 Å². The summed E-state index contributed by atoms with van der Waals surface area (Å²) in [6, 6.07) is 1.65. The van der Waals surface area contributed by atoms with E-state index in [1.165, 1.54) is 0 Å². The van der Waals surface area contributed by atoms with Gasteiger partial charge in [-0.25, -0.2) is 4.98 Å². The Morgan fingerprint density at radius 2 is 2.06 bits per heavy atom. The van der Waals surface area contributed by atoms with Crippen LogP contribution >= 0.6 is 11.6 Å². The van der Waals surface area contributed by atoms with Crippen LogP contribution in [0.2, 0.25) is 5.15 Å². The van der Waals surface area contributed by atoms with Crippen molar-refractivity contribution in [2.75, 3.05) is 6.61 Å². The molecule has 0 aliphatic carbocycles. The molecule has 1 atom stereocenters. The molecule has 1 rings (SSSR count). The second-order valence-electron chi connectivity index (χ2n) is 4.22. The van der Waals surface area contributed by atoms with Gasteiger partial charge in [-0.2, -0.15) is 13.2 Å². The Bertz CT molecular complexity index is 395. The van der Waals surface area contributed by atoms with E-state index in [0.29, 0.717) is 6.61 Å². The van der Waals surface area contributed by atoms with E-state index in [9.17, 15) is 13.2 Å². The Balaban J connectivity index is 2.75. The van der Waals surface area contributed by atoms with Crippen molar-refractivity contribution in [2.45, 2.75) is 32.9 Å². The quantitative estimate of drug-likeness (QED) is 0.738. The lowest BCUT2D eigenvalue weighted by Crippen LogP contribution is -2.11. The molecule has 0 aliphatic rings. The maximum Gasteiger partial charge on any atom is 0.416 e. The number of alkyl halides is 3. The number of halogens is 4. The maximum atomic E-state index is 12.5. The van der Waals surface area contributed by atoms with Crippen molar-refractivity contribution in [3.63, 3.8) is 0 Å². The van der Waals surface area contributed by atoms with Gasteiger partial charge in [-0.3, -0.25) is 0 Å². The van der Waals surface area contributed by atoms with Crippen LogP contribution in [-0.2, 0) is 6.18 Å². The SMILES string of the molecule is CCCC(C)COc1cc(C(F)(F)F)cc(Cl)n1. The molecule has 0 radical (unpaired) electrons. The van der Waals surface area contributed by atoms with Gasteiger partial charge >= 0.3 is 6.18 Å². The fourth-order valence-electron chi connectivity index (χ4n) is 1.51. The lowest BCUT2D eigenvalue weighted by atomic mass is 10.1. The number of hydrogen-bond acceptors (Lipinski definition) is 2. The molecule has 2 nitrogen and oxygen atoms in total. The lowest BCUT2D eigenvalue weighted by molar-refractivity contribution is -0.137. The first-order valence-corrected chi connectivity index (χ1v) is 6.08. The van der Waals surface area contributed by atoms with Gasteiger partial charge in [0.1, 0.15) is 5.15 Å². The molecule has 0 N–H and O–H groups in total. The largest absolute Gasteiger partial charge is 0.477 e. The van der Waals surface area contributed by atoms with E-state index in [4.69, 9.17) is 16.3 Å². The molecule has 0 fully saturated rings. The summed E-state index contributed by atoms with van der Waals surface area (Å²) >= 11 is 5.54. The highest BCUT2D eigenvalue weighted by molar-refractivity contribution is 6.29. The minimum Gasteiger partial charge on any atom is -0.477 e. The van der Waals surface area contributed by atoms with Crippen molar-refractivity contribution >= 4 is 11.6 Å². The molecule has 0 bridgehead atoms. The fraction of sp³-hybridized carbons (Fsp3) is 0.583. The normalized spacial score (nSPS) is 13.4. The Hall–Kier alpha value is -0.970. The minimum atomic E-state index is -4.44. The Morgan fingerprint density at radius 1 is 1.39 bits per heavy atom. The molecule has 0 saturated carbocycles. The van der Waals surface area contributed by atoms with Crippen LogP contribution in [0.5, 0.6) is 5.88 Å². The summed E-state index contributed by atoms with van der Waals surface area (Å²) in [7, 11) is 0. The third-order valence-corrected chi connectivity index (χ3v) is 2.59. The van der Waals surface area contributed by atoms with Crippen molar-refractivity contribution < 1.29 is 17.9 Å². The summed E-state index contributed by atoms with van der Waals surface area (Å²) in [5.41, 5.74) is -0.847. The van der Waals surface area contributed by atoms with Crippen LogP contribution in [-0.4, -0.2) is 11.6 Å². The molecule has 1 aromatic heterocycles. The number of rotatable bonds is 5. The van der Waals surface area contributed by atoms with Gasteiger partial charge in [0.15, 0.2) is 0 Å². The van der Waals surface area contributed by atoms with Crippen LogP contribution in [0, 0.1) is 5.92 Å². The number of pyridine rings is 1. The Morgan fingerprint density at radius 3 is 2.61 bits per heavy atom. The van der Waals surface area contributed by atoms with Crippen molar-refractivity contribution in [3.8, 4) is 5.88 Å². The molecule has 1 aromatic rings. The first kappa shape index (κ1) is 15.1. The summed E-state index contributed by atoms with van der Waals surface area (Å²) < 4.78 is 42.8. The van der Waals surface area contributed by atoms with E-state index in [2.05, 4.69) is 4.98 Å². The zero-order valence-corrected chi connectivity index (χ0v) is 11.0. The number of aromatic nitrogens is 1. The van der Waals surface area contributed by atoms with Gasteiger partial charge in [-0.05, 0) is 18.4 Å². The van der Waals surface area contributed by atoms with Crippen LogP contribution in [0.4, 0.5) is 13.2 Å². The number of ether oxygens (including phenoxy) is 1. The molecule has 1 unspecified atom stereocenters. The highest BCUT2D eigenvalue weighted by Crippen LogP contribution is 2.32. The predicted molar refractivity (Wildman–Crippen MR) is 63.8 cm³/mol. The van der Waals surface area contributed by atoms with E-state index in [0.717, 1.165) is 25.0 Å². The lowest BCUT2D eigenvalue weighted by Gasteiger charge is -2.13. The van der Waals surface area contributed by atoms with Gasteiger partial charge < -0.3 is 4.74 Å². The molecule has 0 spiro atoms. The van der Waals surface area contributed by atoms with Crippen LogP contribution < -0.4 is 4.74 Å². The summed E-state index contributed by atoms with van der Waals surface area (Å²) in [5.74, 6) is 0.183. The molecule has 1 heterocycles. The molecular weight excluding hydrogens is 267 g/mol. The first-order chi connectivity index (χ1) is 8.32. The van der Waals surface area contributed by atoms with Gasteiger partial charge in [-0.1, -0.05) is 31.9 Å². The summed E-state index contributed by atoms with van der Waals surface area (Å²) in [6.45, 7) is 4.34.